The van der Waals surface area contributed by atoms with Crippen LogP contribution in [0.25, 0.3) is 0 Å². The second-order valence-electron chi connectivity index (χ2n) is 2.57. The molecule has 0 aliphatic carbocycles. The SMILES string of the molecule is CC.CC.CCCOc1ccccc1[N+](=O)[O-]. The second-order valence-corrected chi connectivity index (χ2v) is 2.57. The molecule has 0 unspecified atom stereocenters. The predicted molar refractivity (Wildman–Crippen MR) is 71.6 cm³/mol. The van der Waals surface area contributed by atoms with Crippen molar-refractivity contribution in [3.63, 3.8) is 0 Å². The fourth-order valence-electron chi connectivity index (χ4n) is 0.942. The molecule has 4 nitrogen and oxygen atoms in total. The molecule has 17 heavy (non-hydrogen) atoms. The number of rotatable bonds is 4. The molecule has 98 valence electrons. The van der Waals surface area contributed by atoms with Crippen molar-refractivity contribution in [1.82, 2.24) is 0 Å². The van der Waals surface area contributed by atoms with Gasteiger partial charge < -0.3 is 4.74 Å². The van der Waals surface area contributed by atoms with E-state index in [0.717, 1.165) is 6.42 Å². The van der Waals surface area contributed by atoms with E-state index in [4.69, 9.17) is 4.74 Å². The summed E-state index contributed by atoms with van der Waals surface area (Å²) in [7, 11) is 0. The van der Waals surface area contributed by atoms with Crippen molar-refractivity contribution in [1.29, 1.82) is 0 Å². The Hall–Kier alpha value is -1.58. The summed E-state index contributed by atoms with van der Waals surface area (Å²) in [5.74, 6) is 0.342. The molecule has 1 rings (SSSR count). The van der Waals surface area contributed by atoms with Crippen LogP contribution in [0.2, 0.25) is 0 Å². The molecule has 0 N–H and O–H groups in total. The van der Waals surface area contributed by atoms with Crippen LogP contribution in [0.5, 0.6) is 5.75 Å². The Morgan fingerprint density at radius 2 is 1.71 bits per heavy atom. The number of hydrogen-bond donors (Lipinski definition) is 0. The zero-order chi connectivity index (χ0) is 13.7. The van der Waals surface area contributed by atoms with Crippen molar-refractivity contribution >= 4 is 5.69 Å². The van der Waals surface area contributed by atoms with E-state index in [-0.39, 0.29) is 5.69 Å². The molecule has 0 saturated heterocycles. The smallest absolute Gasteiger partial charge is 0.310 e. The van der Waals surface area contributed by atoms with Crippen LogP contribution >= 0.6 is 0 Å². The molecule has 0 heterocycles. The van der Waals surface area contributed by atoms with E-state index in [1.807, 2.05) is 34.6 Å². The quantitative estimate of drug-likeness (QED) is 0.578. The van der Waals surface area contributed by atoms with Crippen molar-refractivity contribution in [3.8, 4) is 5.75 Å². The molecule has 1 aromatic rings. The normalized spacial score (nSPS) is 8.06. The molecule has 4 heteroatoms. The van der Waals surface area contributed by atoms with E-state index in [0.29, 0.717) is 12.4 Å². The summed E-state index contributed by atoms with van der Waals surface area (Å²) in [5.41, 5.74) is 0.0240. The van der Waals surface area contributed by atoms with Gasteiger partial charge in [0.15, 0.2) is 5.75 Å². The predicted octanol–water partition coefficient (Wildman–Crippen LogP) is 4.44. The summed E-state index contributed by atoms with van der Waals surface area (Å²) in [5, 5.41) is 10.5. The minimum absolute atomic E-state index is 0.0240. The van der Waals surface area contributed by atoms with Crippen LogP contribution in [-0.4, -0.2) is 11.5 Å². The maximum absolute atomic E-state index is 10.5. The van der Waals surface area contributed by atoms with E-state index in [9.17, 15) is 10.1 Å². The monoisotopic (exact) mass is 241 g/mol. The van der Waals surface area contributed by atoms with Gasteiger partial charge in [0, 0.05) is 6.07 Å². The number of nitro groups is 1. The van der Waals surface area contributed by atoms with Gasteiger partial charge in [0.1, 0.15) is 0 Å². The lowest BCUT2D eigenvalue weighted by molar-refractivity contribution is -0.385. The Bertz CT molecular complexity index is 300. The summed E-state index contributed by atoms with van der Waals surface area (Å²) >= 11 is 0. The van der Waals surface area contributed by atoms with Crippen molar-refractivity contribution < 1.29 is 9.66 Å². The van der Waals surface area contributed by atoms with E-state index in [2.05, 4.69) is 0 Å². The van der Waals surface area contributed by atoms with Crippen LogP contribution in [0.4, 0.5) is 5.69 Å². The molecule has 0 saturated carbocycles. The average Bonchev–Trinajstić information content (AvgIpc) is 2.41. The van der Waals surface area contributed by atoms with Crippen molar-refractivity contribution in [2.75, 3.05) is 6.61 Å². The number of nitro benzene ring substituents is 1. The highest BCUT2D eigenvalue weighted by atomic mass is 16.6. The van der Waals surface area contributed by atoms with Crippen molar-refractivity contribution in [2.45, 2.75) is 41.0 Å². The third kappa shape index (κ3) is 7.33. The number of benzene rings is 1. The Morgan fingerprint density at radius 1 is 1.18 bits per heavy atom. The lowest BCUT2D eigenvalue weighted by Gasteiger charge is -2.03. The van der Waals surface area contributed by atoms with Gasteiger partial charge in [-0.25, -0.2) is 0 Å². The fraction of sp³-hybridized carbons (Fsp3) is 0.538. The highest BCUT2D eigenvalue weighted by Crippen LogP contribution is 2.25. The Balaban J connectivity index is 0. The second kappa shape index (κ2) is 12.5. The van der Waals surface area contributed by atoms with Crippen LogP contribution in [0.1, 0.15) is 41.0 Å². The summed E-state index contributed by atoms with van der Waals surface area (Å²) < 4.78 is 5.21. The fourth-order valence-corrected chi connectivity index (χ4v) is 0.942. The van der Waals surface area contributed by atoms with Gasteiger partial charge in [0.2, 0.25) is 0 Å². The van der Waals surface area contributed by atoms with E-state index >= 15 is 0 Å². The molecule has 0 atom stereocenters. The molecule has 0 aliphatic heterocycles. The highest BCUT2D eigenvalue weighted by molar-refractivity contribution is 5.45. The Kier molecular flexibility index (Phi) is 13.1. The maximum atomic E-state index is 10.5. The zero-order valence-corrected chi connectivity index (χ0v) is 11.4. The third-order valence-electron chi connectivity index (χ3n) is 1.52. The average molecular weight is 241 g/mol. The zero-order valence-electron chi connectivity index (χ0n) is 11.4. The minimum Gasteiger partial charge on any atom is -0.487 e. The van der Waals surface area contributed by atoms with Gasteiger partial charge in [-0.05, 0) is 12.5 Å². The van der Waals surface area contributed by atoms with Crippen LogP contribution in [0, 0.1) is 10.1 Å². The maximum Gasteiger partial charge on any atom is 0.310 e. The molecule has 0 radical (unpaired) electrons. The van der Waals surface area contributed by atoms with Crippen LogP contribution in [0.3, 0.4) is 0 Å². The summed E-state index contributed by atoms with van der Waals surface area (Å²) in [6.45, 7) is 10.5. The molecule has 0 aromatic heterocycles. The largest absolute Gasteiger partial charge is 0.487 e. The lowest BCUT2D eigenvalue weighted by atomic mass is 10.3. The van der Waals surface area contributed by atoms with Gasteiger partial charge in [0.25, 0.3) is 0 Å². The summed E-state index contributed by atoms with van der Waals surface area (Å²) in [6.07, 6.45) is 0.839. The number of para-hydroxylation sites is 2. The van der Waals surface area contributed by atoms with Crippen LogP contribution in [0.15, 0.2) is 24.3 Å². The summed E-state index contributed by atoms with van der Waals surface area (Å²) in [6, 6.07) is 6.38. The molecule has 0 spiro atoms. The molecule has 0 amide bonds. The van der Waals surface area contributed by atoms with Crippen LogP contribution < -0.4 is 4.74 Å². The molecular weight excluding hydrogens is 218 g/mol. The topological polar surface area (TPSA) is 52.4 Å². The number of nitrogens with zero attached hydrogens (tertiary/aromatic N) is 1. The minimum atomic E-state index is -0.439. The van der Waals surface area contributed by atoms with Gasteiger partial charge >= 0.3 is 5.69 Å². The van der Waals surface area contributed by atoms with Gasteiger partial charge in [-0.2, -0.15) is 0 Å². The summed E-state index contributed by atoms with van der Waals surface area (Å²) in [4.78, 5) is 10.1. The number of ether oxygens (including phenoxy) is 1. The molecule has 0 fully saturated rings. The molecule has 0 bridgehead atoms. The van der Waals surface area contributed by atoms with Gasteiger partial charge in [-0.15, -0.1) is 0 Å². The Labute approximate surface area is 104 Å². The standard InChI is InChI=1S/C9H11NO3.2C2H6/c1-2-7-13-9-6-4-3-5-8(9)10(11)12;2*1-2/h3-6H,2,7H2,1H3;2*1-2H3. The van der Waals surface area contributed by atoms with Crippen LogP contribution in [-0.2, 0) is 0 Å². The van der Waals surface area contributed by atoms with Crippen molar-refractivity contribution in [2.24, 2.45) is 0 Å². The molecule has 1 aromatic carbocycles. The van der Waals surface area contributed by atoms with Gasteiger partial charge in [-0.3, -0.25) is 10.1 Å². The third-order valence-corrected chi connectivity index (χ3v) is 1.52. The van der Waals surface area contributed by atoms with Gasteiger partial charge in [-0.1, -0.05) is 46.8 Å². The lowest BCUT2D eigenvalue weighted by Crippen LogP contribution is -1.98. The highest BCUT2D eigenvalue weighted by Gasteiger charge is 2.12. The van der Waals surface area contributed by atoms with E-state index in [1.165, 1.54) is 6.07 Å². The first kappa shape index (κ1) is 17.8. The van der Waals surface area contributed by atoms with Crippen molar-refractivity contribution in [3.05, 3.63) is 34.4 Å². The van der Waals surface area contributed by atoms with Gasteiger partial charge in [0.05, 0.1) is 11.5 Å². The first-order chi connectivity index (χ1) is 8.25. The van der Waals surface area contributed by atoms with E-state index in [1.54, 1.807) is 18.2 Å². The number of hydrogen-bond acceptors (Lipinski definition) is 3. The molecular formula is C13H23NO3. The Morgan fingerprint density at radius 3 is 2.18 bits per heavy atom. The molecule has 0 aliphatic rings. The first-order valence-electron chi connectivity index (χ1n) is 6.12. The van der Waals surface area contributed by atoms with E-state index < -0.39 is 4.92 Å². The first-order valence-corrected chi connectivity index (χ1v) is 6.12.